The van der Waals surface area contributed by atoms with Crippen LogP contribution in [0.15, 0.2) is 54.7 Å². The lowest BCUT2D eigenvalue weighted by Gasteiger charge is -2.22. The summed E-state index contributed by atoms with van der Waals surface area (Å²) in [7, 11) is 0. The van der Waals surface area contributed by atoms with Crippen LogP contribution in [0.25, 0.3) is 10.9 Å². The normalized spacial score (nSPS) is 13.7. The van der Waals surface area contributed by atoms with Gasteiger partial charge in [0, 0.05) is 40.5 Å². The minimum Gasteiger partial charge on any atom is -0.361 e. The van der Waals surface area contributed by atoms with Gasteiger partial charge in [0.05, 0.1) is 0 Å². The Morgan fingerprint density at radius 2 is 1.73 bits per heavy atom. The van der Waals surface area contributed by atoms with Gasteiger partial charge < -0.3 is 10.3 Å². The third-order valence-electron chi connectivity index (χ3n) is 5.06. The van der Waals surface area contributed by atoms with Crippen LogP contribution in [0.3, 0.4) is 0 Å². The molecule has 3 nitrogen and oxygen atoms in total. The molecule has 26 heavy (non-hydrogen) atoms. The number of halogens is 1. The van der Waals surface area contributed by atoms with Crippen molar-refractivity contribution in [3.8, 4) is 0 Å². The highest BCUT2D eigenvalue weighted by Gasteiger charge is 2.24. The predicted octanol–water partition coefficient (Wildman–Crippen LogP) is 5.50. The van der Waals surface area contributed by atoms with Gasteiger partial charge in [-0.25, -0.2) is 0 Å². The Bertz CT molecular complexity index is 900. The topological polar surface area (TPSA) is 44.9 Å². The molecule has 0 saturated heterocycles. The Kier molecular flexibility index (Phi) is 5.67. The molecule has 2 N–H and O–H groups in total. The summed E-state index contributed by atoms with van der Waals surface area (Å²) in [4.78, 5) is 16.0. The number of amides is 1. The highest BCUT2D eigenvalue weighted by molar-refractivity contribution is 6.31. The molecular weight excluding hydrogens is 344 g/mol. The Morgan fingerprint density at radius 1 is 1.04 bits per heavy atom. The van der Waals surface area contributed by atoms with Gasteiger partial charge in [-0.2, -0.15) is 0 Å². The Balaban J connectivity index is 1.98. The van der Waals surface area contributed by atoms with Gasteiger partial charge in [0.15, 0.2) is 0 Å². The maximum atomic E-state index is 12.7. The van der Waals surface area contributed by atoms with Crippen LogP contribution in [0.5, 0.6) is 0 Å². The molecule has 3 rings (SSSR count). The van der Waals surface area contributed by atoms with E-state index in [0.717, 1.165) is 22.0 Å². The van der Waals surface area contributed by atoms with E-state index in [-0.39, 0.29) is 17.9 Å². The van der Waals surface area contributed by atoms with Crippen molar-refractivity contribution >= 4 is 28.4 Å². The molecule has 2 unspecified atom stereocenters. The lowest BCUT2D eigenvalue weighted by Crippen LogP contribution is -2.36. The molecule has 1 amide bonds. The number of carbonyl (C=O) groups is 1. The molecule has 0 aliphatic carbocycles. The fraction of sp³-hybridized carbons (Fsp3) is 0.318. The molecule has 0 radical (unpaired) electrons. The maximum Gasteiger partial charge on any atom is 0.221 e. The van der Waals surface area contributed by atoms with E-state index >= 15 is 0 Å². The molecule has 0 spiro atoms. The average Bonchev–Trinajstić information content (AvgIpc) is 3.04. The molecule has 0 aliphatic rings. The summed E-state index contributed by atoms with van der Waals surface area (Å²) in [6.45, 7) is 6.26. The Labute approximate surface area is 159 Å². The molecule has 2 aromatic carbocycles. The van der Waals surface area contributed by atoms with Crippen LogP contribution in [-0.4, -0.2) is 16.9 Å². The summed E-state index contributed by atoms with van der Waals surface area (Å²) in [6.07, 6.45) is 2.36. The highest BCUT2D eigenvalue weighted by Crippen LogP contribution is 2.36. The fourth-order valence-corrected chi connectivity index (χ4v) is 3.46. The molecular formula is C22H25ClN2O. The van der Waals surface area contributed by atoms with E-state index in [1.165, 1.54) is 0 Å². The Morgan fingerprint density at radius 3 is 2.46 bits per heavy atom. The SMILES string of the molecule is CC(C)C(C)NC(=O)CC(c1ccccc1Cl)c1c[nH]c2ccccc12. The van der Waals surface area contributed by atoms with Crippen molar-refractivity contribution in [2.24, 2.45) is 5.92 Å². The summed E-state index contributed by atoms with van der Waals surface area (Å²) in [6, 6.07) is 16.1. The van der Waals surface area contributed by atoms with Crippen molar-refractivity contribution in [3.63, 3.8) is 0 Å². The smallest absolute Gasteiger partial charge is 0.221 e. The lowest BCUT2D eigenvalue weighted by molar-refractivity contribution is -0.122. The van der Waals surface area contributed by atoms with Crippen molar-refractivity contribution in [3.05, 3.63) is 70.9 Å². The number of fused-ring (bicyclic) bond motifs is 1. The van der Waals surface area contributed by atoms with Gasteiger partial charge in [-0.1, -0.05) is 61.8 Å². The van der Waals surface area contributed by atoms with E-state index < -0.39 is 0 Å². The average molecular weight is 369 g/mol. The quantitative estimate of drug-likeness (QED) is 0.592. The van der Waals surface area contributed by atoms with Gasteiger partial charge in [0.1, 0.15) is 0 Å². The van der Waals surface area contributed by atoms with Gasteiger partial charge in [-0.3, -0.25) is 4.79 Å². The number of rotatable bonds is 6. The van der Waals surface area contributed by atoms with E-state index in [1.807, 2.05) is 55.6 Å². The summed E-state index contributed by atoms with van der Waals surface area (Å²) in [5, 5.41) is 4.93. The van der Waals surface area contributed by atoms with Crippen LogP contribution < -0.4 is 5.32 Å². The number of para-hydroxylation sites is 1. The van der Waals surface area contributed by atoms with Crippen molar-refractivity contribution in [1.82, 2.24) is 10.3 Å². The molecule has 0 fully saturated rings. The minimum atomic E-state index is -0.0980. The first-order chi connectivity index (χ1) is 12.5. The van der Waals surface area contributed by atoms with Crippen LogP contribution in [0.2, 0.25) is 5.02 Å². The summed E-state index contributed by atoms with van der Waals surface area (Å²) in [5.41, 5.74) is 3.14. The zero-order valence-electron chi connectivity index (χ0n) is 15.4. The molecule has 1 aromatic heterocycles. The second-order valence-electron chi connectivity index (χ2n) is 7.17. The van der Waals surface area contributed by atoms with E-state index in [0.29, 0.717) is 17.4 Å². The van der Waals surface area contributed by atoms with Crippen LogP contribution in [0.1, 0.15) is 44.2 Å². The summed E-state index contributed by atoms with van der Waals surface area (Å²) < 4.78 is 0. The standard InChI is InChI=1S/C22H25ClN2O/c1-14(2)15(3)25-22(26)12-18(16-8-4-6-10-20(16)23)19-13-24-21-11-7-5-9-17(19)21/h4-11,13-15,18,24H,12H2,1-3H3,(H,25,26). The van der Waals surface area contributed by atoms with Crippen LogP contribution >= 0.6 is 11.6 Å². The third-order valence-corrected chi connectivity index (χ3v) is 5.40. The second kappa shape index (κ2) is 7.96. The first-order valence-corrected chi connectivity index (χ1v) is 9.45. The first kappa shape index (κ1) is 18.5. The summed E-state index contributed by atoms with van der Waals surface area (Å²) in [5.74, 6) is 0.339. The molecule has 2 atom stereocenters. The number of benzene rings is 2. The van der Waals surface area contributed by atoms with Gasteiger partial charge in [0.25, 0.3) is 0 Å². The minimum absolute atomic E-state index is 0.0430. The molecule has 1 heterocycles. The number of hydrogen-bond acceptors (Lipinski definition) is 1. The van der Waals surface area contributed by atoms with Gasteiger partial charge in [-0.05, 0) is 36.1 Å². The molecule has 0 saturated carbocycles. The van der Waals surface area contributed by atoms with Crippen molar-refractivity contribution in [1.29, 1.82) is 0 Å². The van der Waals surface area contributed by atoms with E-state index in [9.17, 15) is 4.79 Å². The zero-order chi connectivity index (χ0) is 18.7. The molecule has 4 heteroatoms. The Hall–Kier alpha value is -2.26. The second-order valence-corrected chi connectivity index (χ2v) is 7.58. The monoisotopic (exact) mass is 368 g/mol. The largest absolute Gasteiger partial charge is 0.361 e. The molecule has 136 valence electrons. The van der Waals surface area contributed by atoms with Gasteiger partial charge in [0.2, 0.25) is 5.91 Å². The van der Waals surface area contributed by atoms with Crippen LogP contribution in [0.4, 0.5) is 0 Å². The number of hydrogen-bond donors (Lipinski definition) is 2. The van der Waals surface area contributed by atoms with Crippen LogP contribution in [-0.2, 0) is 4.79 Å². The number of carbonyl (C=O) groups excluding carboxylic acids is 1. The van der Waals surface area contributed by atoms with Crippen molar-refractivity contribution < 1.29 is 4.79 Å². The van der Waals surface area contributed by atoms with E-state index in [4.69, 9.17) is 11.6 Å². The number of aromatic amines is 1. The van der Waals surface area contributed by atoms with Gasteiger partial charge in [-0.15, -0.1) is 0 Å². The molecule has 3 aromatic rings. The first-order valence-electron chi connectivity index (χ1n) is 9.07. The molecule has 0 aliphatic heterocycles. The highest BCUT2D eigenvalue weighted by atomic mass is 35.5. The summed E-state index contributed by atoms with van der Waals surface area (Å²) >= 11 is 6.48. The van der Waals surface area contributed by atoms with Gasteiger partial charge >= 0.3 is 0 Å². The van der Waals surface area contributed by atoms with Crippen molar-refractivity contribution in [2.45, 2.75) is 39.2 Å². The predicted molar refractivity (Wildman–Crippen MR) is 109 cm³/mol. The third kappa shape index (κ3) is 3.94. The molecule has 0 bridgehead atoms. The number of H-pyrrole nitrogens is 1. The van der Waals surface area contributed by atoms with E-state index in [1.54, 1.807) is 0 Å². The maximum absolute atomic E-state index is 12.7. The number of nitrogens with one attached hydrogen (secondary N) is 2. The zero-order valence-corrected chi connectivity index (χ0v) is 16.2. The fourth-order valence-electron chi connectivity index (χ4n) is 3.19. The van der Waals surface area contributed by atoms with Crippen molar-refractivity contribution in [2.75, 3.05) is 0 Å². The number of aromatic nitrogens is 1. The lowest BCUT2D eigenvalue weighted by atomic mass is 9.87. The van der Waals surface area contributed by atoms with Crippen LogP contribution in [0, 0.1) is 5.92 Å². The van der Waals surface area contributed by atoms with E-state index in [2.05, 4.69) is 30.2 Å².